The number of ether oxygens (including phenoxy) is 5. The zero-order valence-electron chi connectivity index (χ0n) is 28.0. The molecule has 0 spiro atoms. The van der Waals surface area contributed by atoms with Crippen molar-refractivity contribution < 1.29 is 23.7 Å². The molecule has 0 aliphatic rings. The summed E-state index contributed by atoms with van der Waals surface area (Å²) in [5.74, 6) is 3.15. The van der Waals surface area contributed by atoms with Crippen LogP contribution in [-0.4, -0.2) is 69.0 Å². The smallest absolute Gasteiger partial charge is 0.141 e. The van der Waals surface area contributed by atoms with E-state index in [4.69, 9.17) is 39.4 Å². The molecular weight excluding hydrogens is 608 g/mol. The summed E-state index contributed by atoms with van der Waals surface area (Å²) >= 11 is 0. The lowest BCUT2D eigenvalue weighted by atomic mass is 10.0. The van der Waals surface area contributed by atoms with Crippen molar-refractivity contribution in [2.45, 2.75) is 0 Å². The molecule has 0 atom stereocenters. The van der Waals surface area contributed by atoms with Crippen LogP contribution < -0.4 is 34.3 Å². The van der Waals surface area contributed by atoms with Crippen LogP contribution in [0.1, 0.15) is 0 Å². The highest BCUT2D eigenvalue weighted by molar-refractivity contribution is 5.84. The van der Waals surface area contributed by atoms with Crippen LogP contribution in [0.4, 0.5) is 11.4 Å². The summed E-state index contributed by atoms with van der Waals surface area (Å²) in [6.07, 6.45) is 3.55. The summed E-state index contributed by atoms with van der Waals surface area (Å²) in [5, 5.41) is 0. The van der Waals surface area contributed by atoms with Gasteiger partial charge in [-0.15, -0.1) is 0 Å². The Kier molecular flexibility index (Phi) is 8.85. The summed E-state index contributed by atoms with van der Waals surface area (Å²) in [6, 6.07) is 25.4. The van der Waals surface area contributed by atoms with Crippen LogP contribution in [0.15, 0.2) is 91.5 Å². The first kappa shape index (κ1) is 31.9. The number of aromatic nitrogens is 4. The fourth-order valence-corrected chi connectivity index (χ4v) is 5.65. The highest BCUT2D eigenvalue weighted by atomic mass is 16.5. The second kappa shape index (κ2) is 13.3. The highest BCUT2D eigenvalue weighted by Gasteiger charge is 2.24. The van der Waals surface area contributed by atoms with Crippen molar-refractivity contribution in [3.63, 3.8) is 0 Å². The first-order chi connectivity index (χ1) is 23.3. The molecule has 0 aliphatic carbocycles. The fraction of sp³-hybridized carbons (Fsp3) is 0.189. The first-order valence-electron chi connectivity index (χ1n) is 15.1. The van der Waals surface area contributed by atoms with Crippen LogP contribution in [0.3, 0.4) is 0 Å². The third-order valence-electron chi connectivity index (χ3n) is 8.14. The lowest BCUT2D eigenvalue weighted by Crippen LogP contribution is -2.11. The molecule has 0 saturated heterocycles. The Hall–Kier alpha value is -6.10. The summed E-state index contributed by atoms with van der Waals surface area (Å²) in [7, 11) is 12.1. The molecule has 0 unspecified atom stereocenters. The molecule has 0 bridgehead atoms. The molecule has 2 heterocycles. The summed E-state index contributed by atoms with van der Waals surface area (Å²) in [6.45, 7) is 0. The van der Waals surface area contributed by atoms with Crippen LogP contribution in [-0.2, 0) is 0 Å². The van der Waals surface area contributed by atoms with E-state index in [1.54, 1.807) is 48.2 Å². The Labute approximate surface area is 279 Å². The van der Waals surface area contributed by atoms with Crippen molar-refractivity contribution in [3.8, 4) is 73.8 Å². The second-order valence-corrected chi connectivity index (χ2v) is 11.2. The Morgan fingerprint density at radius 1 is 0.521 bits per heavy atom. The van der Waals surface area contributed by atoms with Crippen molar-refractivity contribution in [1.29, 1.82) is 0 Å². The van der Waals surface area contributed by atoms with Gasteiger partial charge in [0, 0.05) is 54.2 Å². The molecule has 0 saturated carbocycles. The highest BCUT2D eigenvalue weighted by Crippen LogP contribution is 2.41. The lowest BCUT2D eigenvalue weighted by Gasteiger charge is -2.18. The van der Waals surface area contributed by atoms with Gasteiger partial charge in [-0.05, 0) is 54.6 Å². The van der Waals surface area contributed by atoms with Gasteiger partial charge in [-0.2, -0.15) is 0 Å². The molecule has 0 aliphatic heterocycles. The minimum absolute atomic E-state index is 0.492. The molecule has 246 valence electrons. The number of hydrogen-bond acceptors (Lipinski definition) is 9. The van der Waals surface area contributed by atoms with Crippen molar-refractivity contribution >= 4 is 11.4 Å². The summed E-state index contributed by atoms with van der Waals surface area (Å²) in [4.78, 5) is 12.0. The number of nitrogens with zero attached hydrogens (tertiary/aromatic N) is 5. The number of nitrogens with two attached hydrogens (primary N) is 1. The Balaban J connectivity index is 1.66. The van der Waals surface area contributed by atoms with Gasteiger partial charge in [0.15, 0.2) is 0 Å². The molecule has 0 amide bonds. The summed E-state index contributed by atoms with van der Waals surface area (Å²) in [5.41, 5.74) is 14.4. The van der Waals surface area contributed by atoms with E-state index in [2.05, 4.69) is 29.2 Å². The standard InChI is InChI=1S/C37H38N6O5/c1-41(2)27-11-8-23(9-12-27)36-34(25-14-28(44-3)19-29(15-25)45-4)39-21-42(36)43-22-40-35(26-16-30(46-5)20-31(17-26)47-6)37(43)24-10-13-33(48-7)32(38)18-24/h8-22H,38H2,1-7H3. The average molecular weight is 647 g/mol. The van der Waals surface area contributed by atoms with Crippen molar-refractivity contribution in [3.05, 3.63) is 91.5 Å². The second-order valence-electron chi connectivity index (χ2n) is 11.2. The number of methoxy groups -OCH3 is 5. The number of nitrogen functional groups attached to an aromatic ring is 1. The first-order valence-corrected chi connectivity index (χ1v) is 15.1. The van der Waals surface area contributed by atoms with E-state index in [1.807, 2.05) is 78.0 Å². The fourth-order valence-electron chi connectivity index (χ4n) is 5.65. The van der Waals surface area contributed by atoms with Crippen molar-refractivity contribution in [2.75, 3.05) is 60.3 Å². The Bertz CT molecular complexity index is 2020. The molecule has 11 heteroatoms. The Morgan fingerprint density at radius 3 is 1.35 bits per heavy atom. The third kappa shape index (κ3) is 5.93. The Morgan fingerprint density at radius 2 is 0.958 bits per heavy atom. The van der Waals surface area contributed by atoms with Gasteiger partial charge in [0.1, 0.15) is 41.4 Å². The van der Waals surface area contributed by atoms with E-state index < -0.39 is 0 Å². The van der Waals surface area contributed by atoms with Crippen molar-refractivity contribution in [2.24, 2.45) is 0 Å². The molecular formula is C37H38N6O5. The minimum atomic E-state index is 0.492. The van der Waals surface area contributed by atoms with Crippen LogP contribution in [0, 0.1) is 0 Å². The minimum Gasteiger partial charge on any atom is -0.497 e. The van der Waals surface area contributed by atoms with E-state index >= 15 is 0 Å². The number of benzene rings is 4. The van der Waals surface area contributed by atoms with Crippen LogP contribution in [0.5, 0.6) is 28.7 Å². The van der Waals surface area contributed by atoms with Gasteiger partial charge in [-0.25, -0.2) is 19.3 Å². The van der Waals surface area contributed by atoms with Gasteiger partial charge in [0.25, 0.3) is 0 Å². The molecule has 11 nitrogen and oxygen atoms in total. The zero-order chi connectivity index (χ0) is 33.9. The number of imidazole rings is 2. The zero-order valence-corrected chi connectivity index (χ0v) is 28.0. The maximum absolute atomic E-state index is 6.46. The molecule has 6 rings (SSSR count). The number of rotatable bonds is 11. The average Bonchev–Trinajstić information content (AvgIpc) is 3.76. The van der Waals surface area contributed by atoms with E-state index in [9.17, 15) is 0 Å². The van der Waals surface area contributed by atoms with E-state index in [-0.39, 0.29) is 0 Å². The summed E-state index contributed by atoms with van der Waals surface area (Å²) < 4.78 is 31.9. The maximum atomic E-state index is 6.46. The van der Waals surface area contributed by atoms with Crippen molar-refractivity contribution in [1.82, 2.24) is 19.3 Å². The quantitative estimate of drug-likeness (QED) is 0.153. The molecule has 0 radical (unpaired) electrons. The molecule has 4 aromatic carbocycles. The largest absolute Gasteiger partial charge is 0.497 e. The molecule has 2 N–H and O–H groups in total. The van der Waals surface area contributed by atoms with E-state index in [0.29, 0.717) is 40.1 Å². The van der Waals surface area contributed by atoms with Crippen LogP contribution in [0.2, 0.25) is 0 Å². The van der Waals surface area contributed by atoms with Gasteiger partial charge < -0.3 is 34.3 Å². The molecule has 2 aromatic heterocycles. The van der Waals surface area contributed by atoms with Crippen LogP contribution >= 0.6 is 0 Å². The molecule has 6 aromatic rings. The SMILES string of the molecule is COc1cc(OC)cc(-c2ncn(-n3cnc(-c4cc(OC)cc(OC)c4)c3-c3ccc(OC)c(N)c3)c2-c2ccc(N(C)C)cc2)c1. The van der Waals surface area contributed by atoms with Gasteiger partial charge in [0.2, 0.25) is 0 Å². The van der Waals surface area contributed by atoms with E-state index in [1.165, 1.54) is 0 Å². The van der Waals surface area contributed by atoms with E-state index in [0.717, 1.165) is 45.0 Å². The normalized spacial score (nSPS) is 10.9. The van der Waals surface area contributed by atoms with Gasteiger partial charge >= 0.3 is 0 Å². The number of hydrogen-bond donors (Lipinski definition) is 1. The predicted octanol–water partition coefficient (Wildman–Crippen LogP) is 6.75. The maximum Gasteiger partial charge on any atom is 0.141 e. The number of anilines is 2. The topological polar surface area (TPSA) is 111 Å². The monoisotopic (exact) mass is 646 g/mol. The molecule has 0 fully saturated rings. The van der Waals surface area contributed by atoms with Gasteiger partial charge in [0.05, 0.1) is 64.0 Å². The van der Waals surface area contributed by atoms with Gasteiger partial charge in [-0.3, -0.25) is 0 Å². The molecule has 48 heavy (non-hydrogen) atoms. The van der Waals surface area contributed by atoms with Crippen LogP contribution in [0.25, 0.3) is 45.0 Å². The third-order valence-corrected chi connectivity index (χ3v) is 8.14. The predicted molar refractivity (Wildman–Crippen MR) is 188 cm³/mol. The van der Waals surface area contributed by atoms with Gasteiger partial charge in [-0.1, -0.05) is 12.1 Å². The lowest BCUT2D eigenvalue weighted by molar-refractivity contribution is 0.394.